The topological polar surface area (TPSA) is 101 Å². The minimum absolute atomic E-state index is 0.189. The average Bonchev–Trinajstić information content (AvgIpc) is 3.31. The summed E-state index contributed by atoms with van der Waals surface area (Å²) in [6, 6.07) is 25.2. The Hall–Kier alpha value is -4.50. The van der Waals surface area contributed by atoms with Crippen LogP contribution in [0.4, 0.5) is 10.1 Å². The first kappa shape index (κ1) is 30.5. The van der Waals surface area contributed by atoms with E-state index in [0.29, 0.717) is 18.1 Å². The number of piperidine rings is 1. The van der Waals surface area contributed by atoms with E-state index in [4.69, 9.17) is 10.2 Å². The van der Waals surface area contributed by atoms with E-state index in [1.54, 1.807) is 0 Å². The predicted octanol–water partition coefficient (Wildman–Crippen LogP) is 4.91. The molecule has 2 aliphatic rings. The van der Waals surface area contributed by atoms with Crippen molar-refractivity contribution in [2.24, 2.45) is 5.92 Å². The third kappa shape index (κ3) is 9.01. The number of carbonyl (C=O) groups excluding carboxylic acids is 1. The van der Waals surface area contributed by atoms with Crippen LogP contribution in [0.1, 0.15) is 34.3 Å². The number of aliphatic carboxylic acids is 2. The SMILES string of the molecule is O=C(O)C=CC(=O)O.O=C1c2ccccc2CN1CC1CCN(CCN(Cc2ccccc2)c2ccc(F)cc2)CC1. The second-order valence-corrected chi connectivity index (χ2v) is 10.5. The molecule has 0 aliphatic carbocycles. The van der Waals surface area contributed by atoms with E-state index in [0.717, 1.165) is 75.5 Å². The number of nitrogens with zero attached hydrogens (tertiary/aromatic N) is 3. The summed E-state index contributed by atoms with van der Waals surface area (Å²) in [5, 5.41) is 15.6. The molecule has 1 saturated heterocycles. The van der Waals surface area contributed by atoms with Crippen molar-refractivity contribution in [2.75, 3.05) is 37.6 Å². The zero-order valence-corrected chi connectivity index (χ0v) is 23.4. The summed E-state index contributed by atoms with van der Waals surface area (Å²) in [6.45, 7) is 6.40. The van der Waals surface area contributed by atoms with Gasteiger partial charge in [0, 0.05) is 56.1 Å². The second kappa shape index (κ2) is 14.9. The summed E-state index contributed by atoms with van der Waals surface area (Å²) in [7, 11) is 0. The first-order valence-corrected chi connectivity index (χ1v) is 14.1. The minimum atomic E-state index is -1.26. The molecular weight excluding hydrogens is 537 g/mol. The van der Waals surface area contributed by atoms with Crippen LogP contribution < -0.4 is 4.90 Å². The molecule has 3 aromatic rings. The van der Waals surface area contributed by atoms with Gasteiger partial charge < -0.3 is 24.9 Å². The molecule has 0 saturated carbocycles. The van der Waals surface area contributed by atoms with Gasteiger partial charge in [-0.3, -0.25) is 4.79 Å². The highest BCUT2D eigenvalue weighted by Gasteiger charge is 2.30. The number of halogens is 1. The van der Waals surface area contributed by atoms with Crippen molar-refractivity contribution in [2.45, 2.75) is 25.9 Å². The van der Waals surface area contributed by atoms with Crippen LogP contribution in [-0.4, -0.2) is 70.6 Å². The molecule has 8 nitrogen and oxygen atoms in total. The van der Waals surface area contributed by atoms with Crippen molar-refractivity contribution in [1.29, 1.82) is 0 Å². The summed E-state index contributed by atoms with van der Waals surface area (Å²) in [5.41, 5.74) is 4.33. The fraction of sp³-hybridized carbons (Fsp3) is 0.303. The van der Waals surface area contributed by atoms with Gasteiger partial charge in [0.2, 0.25) is 0 Å². The molecule has 2 N–H and O–H groups in total. The van der Waals surface area contributed by atoms with Crippen LogP contribution in [0.3, 0.4) is 0 Å². The number of rotatable bonds is 10. The lowest BCUT2D eigenvalue weighted by Gasteiger charge is -2.35. The molecule has 1 fully saturated rings. The molecule has 220 valence electrons. The Morgan fingerprint density at radius 2 is 1.50 bits per heavy atom. The Kier molecular flexibility index (Phi) is 10.8. The third-order valence-electron chi connectivity index (χ3n) is 7.54. The van der Waals surface area contributed by atoms with Crippen LogP contribution in [0.2, 0.25) is 0 Å². The lowest BCUT2D eigenvalue weighted by atomic mass is 9.96. The lowest BCUT2D eigenvalue weighted by Crippen LogP contribution is -2.42. The van der Waals surface area contributed by atoms with Crippen LogP contribution in [0.25, 0.3) is 0 Å². The van der Waals surface area contributed by atoms with Crippen LogP contribution >= 0.6 is 0 Å². The van der Waals surface area contributed by atoms with Crippen molar-refractivity contribution in [1.82, 2.24) is 9.80 Å². The number of fused-ring (bicyclic) bond motifs is 1. The summed E-state index contributed by atoms with van der Waals surface area (Å²) in [4.78, 5) is 38.7. The van der Waals surface area contributed by atoms with Gasteiger partial charge in [0.25, 0.3) is 5.91 Å². The molecule has 5 rings (SSSR count). The van der Waals surface area contributed by atoms with E-state index in [1.807, 2.05) is 41.3 Å². The van der Waals surface area contributed by atoms with E-state index < -0.39 is 11.9 Å². The van der Waals surface area contributed by atoms with Crippen molar-refractivity contribution in [3.05, 3.63) is 114 Å². The van der Waals surface area contributed by atoms with Gasteiger partial charge in [-0.15, -0.1) is 0 Å². The second-order valence-electron chi connectivity index (χ2n) is 10.5. The van der Waals surface area contributed by atoms with Crippen LogP contribution in [-0.2, 0) is 22.7 Å². The predicted molar refractivity (Wildman–Crippen MR) is 159 cm³/mol. The molecular formula is C33H36FN3O5. The Morgan fingerprint density at radius 3 is 2.12 bits per heavy atom. The number of hydrogen-bond donors (Lipinski definition) is 2. The average molecular weight is 574 g/mol. The van der Waals surface area contributed by atoms with Gasteiger partial charge >= 0.3 is 11.9 Å². The molecule has 0 bridgehead atoms. The van der Waals surface area contributed by atoms with Gasteiger partial charge in [-0.1, -0.05) is 48.5 Å². The molecule has 42 heavy (non-hydrogen) atoms. The molecule has 0 unspecified atom stereocenters. The zero-order chi connectivity index (χ0) is 29.9. The van der Waals surface area contributed by atoms with Crippen molar-refractivity contribution >= 4 is 23.5 Å². The highest BCUT2D eigenvalue weighted by Crippen LogP contribution is 2.26. The molecule has 0 spiro atoms. The first-order valence-electron chi connectivity index (χ1n) is 14.1. The van der Waals surface area contributed by atoms with Crippen molar-refractivity contribution < 1.29 is 29.0 Å². The number of carboxylic acid groups (broad SMARTS) is 2. The molecule has 9 heteroatoms. The molecule has 3 aromatic carbocycles. The lowest BCUT2D eigenvalue weighted by molar-refractivity contribution is -0.134. The Bertz CT molecular complexity index is 1360. The maximum atomic E-state index is 13.5. The normalized spacial score (nSPS) is 15.3. The maximum Gasteiger partial charge on any atom is 0.328 e. The van der Waals surface area contributed by atoms with Crippen LogP contribution in [0.5, 0.6) is 0 Å². The van der Waals surface area contributed by atoms with E-state index in [9.17, 15) is 18.8 Å². The largest absolute Gasteiger partial charge is 0.478 e. The molecule has 2 heterocycles. The third-order valence-corrected chi connectivity index (χ3v) is 7.54. The standard InChI is InChI=1S/C29H32FN3O.C4H4O4/c30-26-10-12-27(13-11-26)32(20-23-6-2-1-3-7-23)19-18-31-16-14-24(15-17-31)21-33-22-25-8-4-5-9-28(25)29(33)34;5-3(6)1-2-4(7)8/h1-13,24H,14-22H2;1-2H,(H,5,6)(H,7,8). The zero-order valence-electron chi connectivity index (χ0n) is 23.4. The monoisotopic (exact) mass is 573 g/mol. The van der Waals surface area contributed by atoms with Gasteiger partial charge in [0.05, 0.1) is 0 Å². The Balaban J connectivity index is 0.000000446. The summed E-state index contributed by atoms with van der Waals surface area (Å²) >= 11 is 0. The first-order chi connectivity index (χ1) is 20.3. The molecule has 1 amide bonds. The Labute approximate surface area is 245 Å². The molecule has 0 atom stereocenters. The van der Waals surface area contributed by atoms with Gasteiger partial charge in [-0.25, -0.2) is 14.0 Å². The number of hydrogen-bond acceptors (Lipinski definition) is 5. The van der Waals surface area contributed by atoms with E-state index in [1.165, 1.54) is 17.7 Å². The highest BCUT2D eigenvalue weighted by molar-refractivity contribution is 5.98. The fourth-order valence-electron chi connectivity index (χ4n) is 5.33. The van der Waals surface area contributed by atoms with Crippen molar-refractivity contribution in [3.8, 4) is 0 Å². The number of likely N-dealkylation sites (tertiary alicyclic amines) is 1. The number of carboxylic acids is 2. The van der Waals surface area contributed by atoms with Gasteiger partial charge in [0.1, 0.15) is 5.82 Å². The minimum Gasteiger partial charge on any atom is -0.478 e. The van der Waals surface area contributed by atoms with Gasteiger partial charge in [-0.2, -0.15) is 0 Å². The molecule has 0 radical (unpaired) electrons. The fourth-order valence-corrected chi connectivity index (χ4v) is 5.33. The highest BCUT2D eigenvalue weighted by atomic mass is 19.1. The van der Waals surface area contributed by atoms with Crippen LogP contribution in [0, 0.1) is 11.7 Å². The summed E-state index contributed by atoms with van der Waals surface area (Å²) in [5.74, 6) is -1.97. The van der Waals surface area contributed by atoms with E-state index in [2.05, 4.69) is 40.1 Å². The molecule has 0 aromatic heterocycles. The number of carbonyl (C=O) groups is 3. The smallest absolute Gasteiger partial charge is 0.328 e. The number of amides is 1. The van der Waals surface area contributed by atoms with Crippen molar-refractivity contribution in [3.63, 3.8) is 0 Å². The van der Waals surface area contributed by atoms with Crippen LogP contribution in [0.15, 0.2) is 91.0 Å². The van der Waals surface area contributed by atoms with Gasteiger partial charge in [-0.05, 0) is 73.3 Å². The molecule has 2 aliphatic heterocycles. The summed E-state index contributed by atoms with van der Waals surface area (Å²) in [6.07, 6.45) is 3.36. The quantitative estimate of drug-likeness (QED) is 0.332. The maximum absolute atomic E-state index is 13.5. The Morgan fingerprint density at radius 1 is 0.881 bits per heavy atom. The van der Waals surface area contributed by atoms with E-state index >= 15 is 0 Å². The number of benzene rings is 3. The summed E-state index contributed by atoms with van der Waals surface area (Å²) < 4.78 is 13.5. The van der Waals surface area contributed by atoms with Gasteiger partial charge in [0.15, 0.2) is 0 Å². The van der Waals surface area contributed by atoms with E-state index in [-0.39, 0.29) is 11.7 Å². The number of anilines is 1.